The molecule has 126 valence electrons. The molecule has 24 heavy (non-hydrogen) atoms. The average Bonchev–Trinajstić information content (AvgIpc) is 3.31. The van der Waals surface area contributed by atoms with Crippen LogP contribution in [-0.2, 0) is 11.3 Å². The Morgan fingerprint density at radius 1 is 1.42 bits per heavy atom. The number of carbonyl (C=O) groups excluding carboxylic acids is 1. The van der Waals surface area contributed by atoms with Crippen molar-refractivity contribution in [2.24, 2.45) is 0 Å². The van der Waals surface area contributed by atoms with Crippen LogP contribution < -0.4 is 0 Å². The minimum Gasteiger partial charge on any atom is -0.467 e. The largest absolute Gasteiger partial charge is 0.467 e. The second-order valence-electron chi connectivity index (χ2n) is 4.97. The van der Waals surface area contributed by atoms with Crippen LogP contribution in [0.3, 0.4) is 0 Å². The summed E-state index contributed by atoms with van der Waals surface area (Å²) in [6.45, 7) is 1.33. The van der Waals surface area contributed by atoms with Crippen LogP contribution in [0.1, 0.15) is 16.2 Å². The highest BCUT2D eigenvalue weighted by Gasteiger charge is 2.20. The van der Waals surface area contributed by atoms with E-state index < -0.39 is 0 Å². The molecule has 0 atom stereocenters. The highest BCUT2D eigenvalue weighted by Crippen LogP contribution is 2.32. The monoisotopic (exact) mass is 426 g/mol. The third-order valence-corrected chi connectivity index (χ3v) is 5.98. The first-order chi connectivity index (χ1) is 11.7. The van der Waals surface area contributed by atoms with Gasteiger partial charge in [0, 0.05) is 28.9 Å². The standard InChI is InChI=1S/C16H15BrN2O3S2/c1-21-6-4-19(8-12-3-2-5-22-12)16(20)13-10-24-15(18-13)14-7-11(17)9-23-14/h2-3,5,7,9-10H,4,6,8H2,1H3. The lowest BCUT2D eigenvalue weighted by Crippen LogP contribution is -2.33. The molecule has 0 bridgehead atoms. The predicted octanol–water partition coefficient (Wildman–Crippen LogP) is 4.52. The fourth-order valence-electron chi connectivity index (χ4n) is 2.12. The number of thiophene rings is 1. The number of ether oxygens (including phenoxy) is 1. The van der Waals surface area contributed by atoms with E-state index >= 15 is 0 Å². The number of halogens is 1. The van der Waals surface area contributed by atoms with E-state index in [1.54, 1.807) is 35.0 Å². The first-order valence-corrected chi connectivity index (χ1v) is 9.73. The van der Waals surface area contributed by atoms with Gasteiger partial charge >= 0.3 is 0 Å². The molecule has 0 aromatic carbocycles. The second kappa shape index (κ2) is 8.06. The summed E-state index contributed by atoms with van der Waals surface area (Å²) in [6.07, 6.45) is 1.60. The van der Waals surface area contributed by atoms with Gasteiger partial charge in [-0.3, -0.25) is 4.79 Å². The Morgan fingerprint density at radius 3 is 2.96 bits per heavy atom. The Hall–Kier alpha value is -1.48. The molecule has 0 aliphatic rings. The zero-order chi connectivity index (χ0) is 16.9. The van der Waals surface area contributed by atoms with Crippen LogP contribution in [0.15, 0.2) is 44.1 Å². The molecule has 0 saturated carbocycles. The smallest absolute Gasteiger partial charge is 0.273 e. The summed E-state index contributed by atoms with van der Waals surface area (Å²) in [5.41, 5.74) is 0.446. The molecule has 5 nitrogen and oxygen atoms in total. The van der Waals surface area contributed by atoms with Gasteiger partial charge in [0.15, 0.2) is 0 Å². The van der Waals surface area contributed by atoms with E-state index in [1.165, 1.54) is 11.3 Å². The van der Waals surface area contributed by atoms with Gasteiger partial charge < -0.3 is 14.1 Å². The topological polar surface area (TPSA) is 55.6 Å². The molecule has 8 heteroatoms. The van der Waals surface area contributed by atoms with Gasteiger partial charge in [-0.25, -0.2) is 4.98 Å². The molecule has 0 radical (unpaired) electrons. The Balaban J connectivity index is 1.77. The van der Waals surface area contributed by atoms with E-state index in [1.807, 2.05) is 23.6 Å². The van der Waals surface area contributed by atoms with E-state index in [4.69, 9.17) is 9.15 Å². The zero-order valence-corrected chi connectivity index (χ0v) is 16.1. The molecule has 3 aromatic heterocycles. The number of nitrogens with zero attached hydrogens (tertiary/aromatic N) is 2. The molecule has 0 aliphatic heterocycles. The van der Waals surface area contributed by atoms with Gasteiger partial charge in [-0.05, 0) is 34.1 Å². The maximum absolute atomic E-state index is 12.8. The predicted molar refractivity (Wildman–Crippen MR) is 98.5 cm³/mol. The normalized spacial score (nSPS) is 10.9. The first-order valence-electron chi connectivity index (χ1n) is 7.18. The molecule has 0 N–H and O–H groups in total. The lowest BCUT2D eigenvalue weighted by atomic mass is 10.3. The number of furan rings is 1. The fraction of sp³-hybridized carbons (Fsp3) is 0.250. The number of hydrogen-bond donors (Lipinski definition) is 0. The van der Waals surface area contributed by atoms with Crippen molar-refractivity contribution in [2.45, 2.75) is 6.54 Å². The number of thiazole rings is 1. The van der Waals surface area contributed by atoms with Crippen molar-refractivity contribution in [3.05, 3.63) is 51.1 Å². The lowest BCUT2D eigenvalue weighted by molar-refractivity contribution is 0.0661. The lowest BCUT2D eigenvalue weighted by Gasteiger charge is -2.20. The molecule has 0 spiro atoms. The Morgan fingerprint density at radius 2 is 2.29 bits per heavy atom. The molecule has 0 aliphatic carbocycles. The van der Waals surface area contributed by atoms with Crippen LogP contribution in [-0.4, -0.2) is 36.1 Å². The minimum absolute atomic E-state index is 0.124. The highest BCUT2D eigenvalue weighted by molar-refractivity contribution is 9.10. The van der Waals surface area contributed by atoms with Crippen LogP contribution >= 0.6 is 38.6 Å². The molecule has 0 fully saturated rings. The van der Waals surface area contributed by atoms with Gasteiger partial charge in [-0.15, -0.1) is 22.7 Å². The number of amides is 1. The number of methoxy groups -OCH3 is 1. The summed E-state index contributed by atoms with van der Waals surface area (Å²) in [4.78, 5) is 20.0. The molecular formula is C16H15BrN2O3S2. The minimum atomic E-state index is -0.124. The summed E-state index contributed by atoms with van der Waals surface area (Å²) >= 11 is 6.50. The van der Waals surface area contributed by atoms with Crippen LogP contribution in [0, 0.1) is 0 Å². The van der Waals surface area contributed by atoms with Crippen LogP contribution in [0.5, 0.6) is 0 Å². The molecule has 0 unspecified atom stereocenters. The van der Waals surface area contributed by atoms with Crippen LogP contribution in [0.4, 0.5) is 0 Å². The van der Waals surface area contributed by atoms with Crippen molar-refractivity contribution < 1.29 is 13.9 Å². The van der Waals surface area contributed by atoms with Crippen molar-refractivity contribution in [3.8, 4) is 9.88 Å². The zero-order valence-electron chi connectivity index (χ0n) is 12.9. The van der Waals surface area contributed by atoms with E-state index in [9.17, 15) is 4.79 Å². The third-order valence-electron chi connectivity index (χ3n) is 3.28. The maximum Gasteiger partial charge on any atom is 0.273 e. The molecule has 3 aromatic rings. The van der Waals surface area contributed by atoms with E-state index in [0.717, 1.165) is 20.1 Å². The summed E-state index contributed by atoms with van der Waals surface area (Å²) in [6, 6.07) is 5.66. The van der Waals surface area contributed by atoms with Gasteiger partial charge in [0.05, 0.1) is 24.3 Å². The molecule has 3 rings (SSSR count). The summed E-state index contributed by atoms with van der Waals surface area (Å²) in [5.74, 6) is 0.610. The summed E-state index contributed by atoms with van der Waals surface area (Å²) in [7, 11) is 1.62. The summed E-state index contributed by atoms with van der Waals surface area (Å²) < 4.78 is 11.5. The van der Waals surface area contributed by atoms with Gasteiger partial charge in [0.25, 0.3) is 5.91 Å². The van der Waals surface area contributed by atoms with Crippen molar-refractivity contribution in [3.63, 3.8) is 0 Å². The molecule has 0 saturated heterocycles. The SMILES string of the molecule is COCCN(Cc1ccco1)C(=O)c1csc(-c2cc(Br)cs2)n1. The van der Waals surface area contributed by atoms with Crippen molar-refractivity contribution in [1.82, 2.24) is 9.88 Å². The quantitative estimate of drug-likeness (QED) is 0.557. The van der Waals surface area contributed by atoms with Crippen LogP contribution in [0.2, 0.25) is 0 Å². The first kappa shape index (κ1) is 17.3. The fourth-order valence-corrected chi connectivity index (χ4v) is 4.42. The average molecular weight is 427 g/mol. The van der Waals surface area contributed by atoms with Crippen molar-refractivity contribution in [2.75, 3.05) is 20.3 Å². The van der Waals surface area contributed by atoms with Gasteiger partial charge in [-0.2, -0.15) is 0 Å². The van der Waals surface area contributed by atoms with E-state index in [-0.39, 0.29) is 5.91 Å². The van der Waals surface area contributed by atoms with Crippen molar-refractivity contribution in [1.29, 1.82) is 0 Å². The van der Waals surface area contributed by atoms with Crippen LogP contribution in [0.25, 0.3) is 9.88 Å². The Labute approximate surface area is 156 Å². The van der Waals surface area contributed by atoms with E-state index in [0.29, 0.717) is 25.4 Å². The molecule has 3 heterocycles. The molecular weight excluding hydrogens is 412 g/mol. The Bertz CT molecular complexity index is 798. The van der Waals surface area contributed by atoms with E-state index in [2.05, 4.69) is 20.9 Å². The van der Waals surface area contributed by atoms with Crippen molar-refractivity contribution >= 4 is 44.5 Å². The van der Waals surface area contributed by atoms with Gasteiger partial charge in [0.1, 0.15) is 16.5 Å². The second-order valence-corrected chi connectivity index (χ2v) is 7.65. The Kier molecular flexibility index (Phi) is 5.83. The molecule has 1 amide bonds. The highest BCUT2D eigenvalue weighted by atomic mass is 79.9. The number of carbonyl (C=O) groups is 1. The van der Waals surface area contributed by atoms with Gasteiger partial charge in [-0.1, -0.05) is 0 Å². The number of hydrogen-bond acceptors (Lipinski definition) is 6. The maximum atomic E-state index is 12.8. The summed E-state index contributed by atoms with van der Waals surface area (Å²) in [5, 5.41) is 4.64. The van der Waals surface area contributed by atoms with Gasteiger partial charge in [0.2, 0.25) is 0 Å². The number of rotatable bonds is 7. The number of aromatic nitrogens is 1. The third kappa shape index (κ3) is 4.13.